The first kappa shape index (κ1) is 13.5. The number of amides is 1. The van der Waals surface area contributed by atoms with E-state index in [1.54, 1.807) is 18.5 Å². The minimum absolute atomic E-state index is 0.107. The van der Waals surface area contributed by atoms with Crippen LogP contribution in [0.2, 0.25) is 0 Å². The molecule has 0 aliphatic carbocycles. The molecule has 1 heterocycles. The molecule has 5 heteroatoms. The number of H-pyrrole nitrogens is 1. The number of ether oxygens (including phenoxy) is 1. The van der Waals surface area contributed by atoms with Gasteiger partial charge in [0.25, 0.3) is 5.91 Å². The Morgan fingerprint density at radius 1 is 1.47 bits per heavy atom. The first-order valence-electron chi connectivity index (χ1n) is 6.37. The number of fused-ring (bicyclic) bond motifs is 1. The summed E-state index contributed by atoms with van der Waals surface area (Å²) in [7, 11) is 0. The average molecular weight is 261 g/mol. The maximum atomic E-state index is 12.1. The lowest BCUT2D eigenvalue weighted by Crippen LogP contribution is -2.40. The van der Waals surface area contributed by atoms with E-state index >= 15 is 0 Å². The Bertz CT molecular complexity index is 575. The molecule has 0 saturated carbocycles. The molecule has 0 unspecified atom stereocenters. The van der Waals surface area contributed by atoms with Crippen molar-refractivity contribution in [2.75, 3.05) is 13.2 Å². The summed E-state index contributed by atoms with van der Waals surface area (Å²) in [4.78, 5) is 19.2. The molecular weight excluding hydrogens is 242 g/mol. The molecule has 2 N–H and O–H groups in total. The number of nitrogens with one attached hydrogen (secondary N) is 2. The van der Waals surface area contributed by atoms with Crippen LogP contribution in [0.4, 0.5) is 0 Å². The normalized spacial score (nSPS) is 11.7. The summed E-state index contributed by atoms with van der Waals surface area (Å²) >= 11 is 0. The lowest BCUT2D eigenvalue weighted by Gasteiger charge is -2.24. The lowest BCUT2D eigenvalue weighted by molar-refractivity contribution is -0.00815. The highest BCUT2D eigenvalue weighted by molar-refractivity contribution is 5.97. The zero-order valence-corrected chi connectivity index (χ0v) is 11.5. The predicted molar refractivity (Wildman–Crippen MR) is 74.1 cm³/mol. The van der Waals surface area contributed by atoms with E-state index in [1.165, 1.54) is 0 Å². The molecule has 102 valence electrons. The number of hydrogen-bond donors (Lipinski definition) is 2. The zero-order valence-electron chi connectivity index (χ0n) is 11.5. The highest BCUT2D eigenvalue weighted by Gasteiger charge is 2.19. The van der Waals surface area contributed by atoms with Crippen molar-refractivity contribution in [3.8, 4) is 0 Å². The van der Waals surface area contributed by atoms with Crippen LogP contribution in [0.25, 0.3) is 11.0 Å². The van der Waals surface area contributed by atoms with Gasteiger partial charge in [-0.05, 0) is 39.0 Å². The van der Waals surface area contributed by atoms with Gasteiger partial charge < -0.3 is 15.0 Å². The van der Waals surface area contributed by atoms with E-state index < -0.39 is 0 Å². The third kappa shape index (κ3) is 3.32. The van der Waals surface area contributed by atoms with Crippen LogP contribution in [0.1, 0.15) is 31.1 Å². The Balaban J connectivity index is 2.03. The summed E-state index contributed by atoms with van der Waals surface area (Å²) in [5.41, 5.74) is 1.97. The van der Waals surface area contributed by atoms with Crippen molar-refractivity contribution in [1.29, 1.82) is 0 Å². The molecule has 0 aliphatic rings. The van der Waals surface area contributed by atoms with Crippen molar-refractivity contribution < 1.29 is 9.53 Å². The molecule has 0 spiro atoms. The van der Waals surface area contributed by atoms with Gasteiger partial charge in [0, 0.05) is 18.7 Å². The number of aromatic amines is 1. The van der Waals surface area contributed by atoms with Gasteiger partial charge in [0.1, 0.15) is 0 Å². The molecule has 5 nitrogen and oxygen atoms in total. The van der Waals surface area contributed by atoms with Crippen LogP contribution in [0.3, 0.4) is 0 Å². The van der Waals surface area contributed by atoms with E-state index in [1.807, 2.05) is 26.8 Å². The molecular formula is C14H19N3O2. The van der Waals surface area contributed by atoms with Gasteiger partial charge in [-0.1, -0.05) is 0 Å². The number of rotatable bonds is 5. The first-order chi connectivity index (χ1) is 9.02. The fourth-order valence-electron chi connectivity index (χ4n) is 1.91. The van der Waals surface area contributed by atoms with E-state index in [4.69, 9.17) is 4.74 Å². The summed E-state index contributed by atoms with van der Waals surface area (Å²) in [6.07, 6.45) is 1.62. The smallest absolute Gasteiger partial charge is 0.251 e. The Kier molecular flexibility index (Phi) is 3.85. The number of carbonyl (C=O) groups is 1. The van der Waals surface area contributed by atoms with Crippen LogP contribution in [0, 0.1) is 0 Å². The predicted octanol–water partition coefficient (Wildman–Crippen LogP) is 2.11. The molecule has 2 aromatic rings. The van der Waals surface area contributed by atoms with Crippen molar-refractivity contribution in [3.05, 3.63) is 30.1 Å². The molecule has 1 aromatic carbocycles. The van der Waals surface area contributed by atoms with Crippen LogP contribution in [-0.2, 0) is 4.74 Å². The molecule has 2 rings (SSSR count). The van der Waals surface area contributed by atoms with Crippen molar-refractivity contribution in [3.63, 3.8) is 0 Å². The van der Waals surface area contributed by atoms with Crippen LogP contribution in [0.15, 0.2) is 24.5 Å². The topological polar surface area (TPSA) is 67.0 Å². The number of benzene rings is 1. The minimum Gasteiger partial charge on any atom is -0.374 e. The van der Waals surface area contributed by atoms with Crippen LogP contribution in [0.5, 0.6) is 0 Å². The van der Waals surface area contributed by atoms with Crippen LogP contribution >= 0.6 is 0 Å². The molecule has 0 atom stereocenters. The first-order valence-corrected chi connectivity index (χ1v) is 6.37. The minimum atomic E-state index is -0.359. The molecule has 1 amide bonds. The SMILES string of the molecule is CCOC(C)(C)CNC(=O)c1ccc2nc[nH]c2c1. The van der Waals surface area contributed by atoms with Crippen molar-refractivity contribution in [1.82, 2.24) is 15.3 Å². The molecule has 19 heavy (non-hydrogen) atoms. The number of aromatic nitrogens is 2. The monoisotopic (exact) mass is 261 g/mol. The third-order valence-electron chi connectivity index (χ3n) is 2.89. The van der Waals surface area contributed by atoms with E-state index in [-0.39, 0.29) is 11.5 Å². The molecule has 0 aliphatic heterocycles. The summed E-state index contributed by atoms with van der Waals surface area (Å²) in [6.45, 7) is 6.95. The second-order valence-electron chi connectivity index (χ2n) is 5.01. The van der Waals surface area contributed by atoms with Gasteiger partial charge in [0.05, 0.1) is 23.0 Å². The van der Waals surface area contributed by atoms with Crippen molar-refractivity contribution >= 4 is 16.9 Å². The quantitative estimate of drug-likeness (QED) is 0.866. The van der Waals surface area contributed by atoms with Gasteiger partial charge in [-0.2, -0.15) is 0 Å². The Morgan fingerprint density at radius 2 is 2.26 bits per heavy atom. The maximum Gasteiger partial charge on any atom is 0.251 e. The fraction of sp³-hybridized carbons (Fsp3) is 0.429. The molecule has 1 aromatic heterocycles. The standard InChI is InChI=1S/C14H19N3O2/c1-4-19-14(2,3)8-15-13(18)10-5-6-11-12(7-10)17-9-16-11/h5-7,9H,4,8H2,1-3H3,(H,15,18)(H,16,17). The number of hydrogen-bond acceptors (Lipinski definition) is 3. The molecule has 0 saturated heterocycles. The number of carbonyl (C=O) groups excluding carboxylic acids is 1. The van der Waals surface area contributed by atoms with Gasteiger partial charge in [0.2, 0.25) is 0 Å². The largest absolute Gasteiger partial charge is 0.374 e. The summed E-state index contributed by atoms with van der Waals surface area (Å²) in [5, 5.41) is 2.88. The molecule has 0 bridgehead atoms. The van der Waals surface area contributed by atoms with Gasteiger partial charge in [-0.3, -0.25) is 4.79 Å². The van der Waals surface area contributed by atoms with Crippen LogP contribution < -0.4 is 5.32 Å². The summed E-state index contributed by atoms with van der Waals surface area (Å²) < 4.78 is 5.54. The van der Waals surface area contributed by atoms with Crippen molar-refractivity contribution in [2.24, 2.45) is 0 Å². The third-order valence-corrected chi connectivity index (χ3v) is 2.89. The van der Waals surface area contributed by atoms with Gasteiger partial charge in [-0.25, -0.2) is 4.98 Å². The fourth-order valence-corrected chi connectivity index (χ4v) is 1.91. The van der Waals surface area contributed by atoms with Gasteiger partial charge >= 0.3 is 0 Å². The van der Waals surface area contributed by atoms with E-state index in [0.29, 0.717) is 18.7 Å². The van der Waals surface area contributed by atoms with Crippen molar-refractivity contribution in [2.45, 2.75) is 26.4 Å². The van der Waals surface area contributed by atoms with Gasteiger partial charge in [0.15, 0.2) is 0 Å². The van der Waals surface area contributed by atoms with E-state index in [9.17, 15) is 4.79 Å². The Hall–Kier alpha value is -1.88. The summed E-state index contributed by atoms with van der Waals surface area (Å²) in [5.74, 6) is -0.107. The molecule has 0 radical (unpaired) electrons. The Morgan fingerprint density at radius 3 is 3.00 bits per heavy atom. The Labute approximate surface area is 112 Å². The lowest BCUT2D eigenvalue weighted by atomic mass is 10.1. The number of imidazole rings is 1. The second kappa shape index (κ2) is 5.40. The number of nitrogens with zero attached hydrogens (tertiary/aromatic N) is 1. The highest BCUT2D eigenvalue weighted by Crippen LogP contribution is 2.12. The highest BCUT2D eigenvalue weighted by atomic mass is 16.5. The van der Waals surface area contributed by atoms with Gasteiger partial charge in [-0.15, -0.1) is 0 Å². The van der Waals surface area contributed by atoms with Crippen LogP contribution in [-0.4, -0.2) is 34.6 Å². The summed E-state index contributed by atoms with van der Waals surface area (Å²) in [6, 6.07) is 5.39. The zero-order chi connectivity index (χ0) is 13.9. The van der Waals surface area contributed by atoms with E-state index in [0.717, 1.165) is 11.0 Å². The maximum absolute atomic E-state index is 12.1. The average Bonchev–Trinajstić information content (AvgIpc) is 2.83. The van der Waals surface area contributed by atoms with E-state index in [2.05, 4.69) is 15.3 Å². The molecule has 0 fully saturated rings. The second-order valence-corrected chi connectivity index (χ2v) is 5.01.